The van der Waals surface area contributed by atoms with E-state index in [1.54, 1.807) is 19.1 Å². The minimum atomic E-state index is -0.467. The van der Waals surface area contributed by atoms with Crippen molar-refractivity contribution >= 4 is 22.4 Å². The van der Waals surface area contributed by atoms with Crippen LogP contribution in [0.3, 0.4) is 0 Å². The van der Waals surface area contributed by atoms with Crippen molar-refractivity contribution in [3.05, 3.63) is 40.6 Å². The van der Waals surface area contributed by atoms with Crippen LogP contribution in [0.5, 0.6) is 5.75 Å². The average molecular weight is 260 g/mol. The maximum atomic E-state index is 11.2. The zero-order valence-electron chi connectivity index (χ0n) is 10.3. The first-order valence-corrected chi connectivity index (χ1v) is 5.80. The summed E-state index contributed by atoms with van der Waals surface area (Å²) in [6.07, 6.45) is 1.92. The number of aromatic nitrogens is 1. The Morgan fingerprint density at radius 1 is 1.42 bits per heavy atom. The lowest BCUT2D eigenvalue weighted by Crippen LogP contribution is -2.10. The number of carbonyl (C=O) groups is 1. The van der Waals surface area contributed by atoms with Crippen molar-refractivity contribution in [1.82, 2.24) is 4.98 Å². The van der Waals surface area contributed by atoms with Gasteiger partial charge < -0.3 is 4.74 Å². The zero-order chi connectivity index (χ0) is 13.8. The summed E-state index contributed by atoms with van der Waals surface area (Å²) in [5.41, 5.74) is 0.359. The zero-order valence-corrected chi connectivity index (χ0v) is 10.3. The van der Waals surface area contributed by atoms with Gasteiger partial charge in [-0.25, -0.2) is 0 Å². The molecule has 0 fully saturated rings. The van der Waals surface area contributed by atoms with Crippen molar-refractivity contribution in [1.29, 1.82) is 0 Å². The molecule has 0 atom stereocenters. The van der Waals surface area contributed by atoms with Crippen LogP contribution in [0.4, 0.5) is 5.69 Å². The molecule has 0 aliphatic rings. The Kier molecular flexibility index (Phi) is 3.70. The van der Waals surface area contributed by atoms with Gasteiger partial charge in [0.25, 0.3) is 5.69 Å². The highest BCUT2D eigenvalue weighted by atomic mass is 16.6. The van der Waals surface area contributed by atoms with E-state index in [2.05, 4.69) is 4.98 Å². The van der Waals surface area contributed by atoms with Gasteiger partial charge in [-0.05, 0) is 18.2 Å². The molecule has 2 aromatic rings. The van der Waals surface area contributed by atoms with Gasteiger partial charge in [-0.3, -0.25) is 19.9 Å². The Morgan fingerprint density at radius 2 is 2.21 bits per heavy atom. The van der Waals surface area contributed by atoms with Crippen molar-refractivity contribution in [2.24, 2.45) is 0 Å². The summed E-state index contributed by atoms with van der Waals surface area (Å²) in [5.74, 6) is 0.338. The molecule has 0 unspecified atom stereocenters. The maximum Gasteiger partial charge on any atom is 0.279 e. The van der Waals surface area contributed by atoms with Crippen molar-refractivity contribution in [2.45, 2.75) is 13.3 Å². The Bertz CT molecular complexity index is 640. The van der Waals surface area contributed by atoms with Gasteiger partial charge in [0.2, 0.25) is 0 Å². The number of carbonyl (C=O) groups excluding carboxylic acids is 1. The minimum absolute atomic E-state index is 0.0303. The molecule has 0 spiro atoms. The van der Waals surface area contributed by atoms with Crippen LogP contribution in [0.15, 0.2) is 30.5 Å². The molecule has 0 amide bonds. The summed E-state index contributed by atoms with van der Waals surface area (Å²) >= 11 is 0. The second-order valence-electron chi connectivity index (χ2n) is 3.92. The molecule has 0 saturated heterocycles. The number of nitro groups is 1. The number of benzene rings is 1. The number of non-ortho nitro benzene ring substituents is 1. The number of hydrogen-bond acceptors (Lipinski definition) is 5. The minimum Gasteiger partial charge on any atom is -0.484 e. The number of pyridine rings is 1. The third-order valence-corrected chi connectivity index (χ3v) is 2.69. The standard InChI is InChI=1S/C13H12N2O4/c1-2-9(16)8-19-12-6-5-11(15(17)18)10-4-3-7-14-13(10)12/h3-7H,2,8H2,1H3. The molecule has 19 heavy (non-hydrogen) atoms. The monoisotopic (exact) mass is 260 g/mol. The van der Waals surface area contributed by atoms with Gasteiger partial charge in [0.15, 0.2) is 5.78 Å². The third kappa shape index (κ3) is 2.67. The summed E-state index contributed by atoms with van der Waals surface area (Å²) in [5, 5.41) is 11.3. The van der Waals surface area contributed by atoms with Gasteiger partial charge in [0, 0.05) is 18.7 Å². The molecule has 0 aliphatic carbocycles. The summed E-state index contributed by atoms with van der Waals surface area (Å²) in [7, 11) is 0. The van der Waals surface area contributed by atoms with E-state index in [1.165, 1.54) is 18.3 Å². The van der Waals surface area contributed by atoms with Crippen molar-refractivity contribution in [2.75, 3.05) is 6.61 Å². The number of hydrogen-bond donors (Lipinski definition) is 0. The highest BCUT2D eigenvalue weighted by Crippen LogP contribution is 2.31. The molecular formula is C13H12N2O4. The van der Waals surface area contributed by atoms with Crippen molar-refractivity contribution in [3.63, 3.8) is 0 Å². The molecule has 1 aromatic heterocycles. The van der Waals surface area contributed by atoms with E-state index in [1.807, 2.05) is 0 Å². The molecule has 6 heteroatoms. The van der Waals surface area contributed by atoms with Crippen LogP contribution in [0.1, 0.15) is 13.3 Å². The summed E-state index contributed by atoms with van der Waals surface area (Å²) in [6.45, 7) is 1.69. The molecular weight excluding hydrogens is 248 g/mol. The number of rotatable bonds is 5. The van der Waals surface area contributed by atoms with Gasteiger partial charge in [-0.2, -0.15) is 0 Å². The summed E-state index contributed by atoms with van der Waals surface area (Å²) in [4.78, 5) is 25.8. The van der Waals surface area contributed by atoms with E-state index in [4.69, 9.17) is 4.74 Å². The van der Waals surface area contributed by atoms with Gasteiger partial charge in [-0.1, -0.05) is 6.92 Å². The second-order valence-corrected chi connectivity index (χ2v) is 3.92. The van der Waals surface area contributed by atoms with Gasteiger partial charge in [-0.15, -0.1) is 0 Å². The Labute approximate surface area is 109 Å². The molecule has 6 nitrogen and oxygen atoms in total. The van der Waals surface area contributed by atoms with E-state index in [-0.39, 0.29) is 18.1 Å². The van der Waals surface area contributed by atoms with Gasteiger partial charge in [0.1, 0.15) is 17.9 Å². The van der Waals surface area contributed by atoms with Crippen LogP contribution < -0.4 is 4.74 Å². The first-order valence-electron chi connectivity index (χ1n) is 5.80. The number of fused-ring (bicyclic) bond motifs is 1. The van der Waals surface area contributed by atoms with Crippen LogP contribution in [0, 0.1) is 10.1 Å². The highest BCUT2D eigenvalue weighted by molar-refractivity contribution is 5.92. The lowest BCUT2D eigenvalue weighted by Gasteiger charge is -2.07. The quantitative estimate of drug-likeness (QED) is 0.609. The van der Waals surface area contributed by atoms with E-state index in [9.17, 15) is 14.9 Å². The Balaban J connectivity index is 2.44. The number of nitro benzene ring substituents is 1. The fourth-order valence-electron chi connectivity index (χ4n) is 1.67. The molecule has 1 heterocycles. The molecule has 98 valence electrons. The molecule has 1 aromatic carbocycles. The smallest absolute Gasteiger partial charge is 0.279 e. The van der Waals surface area contributed by atoms with Crippen LogP contribution in [0.25, 0.3) is 10.9 Å². The molecule has 0 N–H and O–H groups in total. The molecule has 0 bridgehead atoms. The predicted molar refractivity (Wildman–Crippen MR) is 69.2 cm³/mol. The number of ether oxygens (including phenoxy) is 1. The lowest BCUT2D eigenvalue weighted by atomic mass is 10.1. The highest BCUT2D eigenvalue weighted by Gasteiger charge is 2.15. The first kappa shape index (κ1) is 12.9. The largest absolute Gasteiger partial charge is 0.484 e. The van der Waals surface area contributed by atoms with Gasteiger partial charge in [0.05, 0.1) is 10.3 Å². The SMILES string of the molecule is CCC(=O)COc1ccc([N+](=O)[O-])c2cccnc12. The average Bonchev–Trinajstić information content (AvgIpc) is 2.43. The predicted octanol–water partition coefficient (Wildman–Crippen LogP) is 2.50. The van der Waals surface area contributed by atoms with Crippen LogP contribution in [0.2, 0.25) is 0 Å². The topological polar surface area (TPSA) is 82.3 Å². The molecule has 2 rings (SSSR count). The van der Waals surface area contributed by atoms with E-state index < -0.39 is 4.92 Å². The number of nitrogens with zero attached hydrogens (tertiary/aromatic N) is 2. The number of Topliss-reactive ketones (excluding diaryl/α,β-unsaturated/α-hetero) is 1. The van der Waals surface area contributed by atoms with E-state index in [0.29, 0.717) is 23.1 Å². The normalized spacial score (nSPS) is 10.4. The lowest BCUT2D eigenvalue weighted by molar-refractivity contribution is -0.383. The maximum absolute atomic E-state index is 11.2. The van der Waals surface area contributed by atoms with Crippen LogP contribution in [-0.2, 0) is 4.79 Å². The Morgan fingerprint density at radius 3 is 2.89 bits per heavy atom. The van der Waals surface area contributed by atoms with E-state index in [0.717, 1.165) is 0 Å². The second kappa shape index (κ2) is 5.43. The third-order valence-electron chi connectivity index (χ3n) is 2.69. The Hall–Kier alpha value is -2.50. The first-order chi connectivity index (χ1) is 9.13. The molecule has 0 radical (unpaired) electrons. The summed E-state index contributed by atoms with van der Waals surface area (Å²) in [6, 6.07) is 6.05. The van der Waals surface area contributed by atoms with Crippen molar-refractivity contribution < 1.29 is 14.5 Å². The van der Waals surface area contributed by atoms with Crippen molar-refractivity contribution in [3.8, 4) is 5.75 Å². The number of ketones is 1. The fraction of sp³-hybridized carbons (Fsp3) is 0.231. The van der Waals surface area contributed by atoms with Crippen LogP contribution >= 0.6 is 0 Å². The summed E-state index contributed by atoms with van der Waals surface area (Å²) < 4.78 is 5.37. The van der Waals surface area contributed by atoms with Gasteiger partial charge >= 0.3 is 0 Å². The van der Waals surface area contributed by atoms with Crippen LogP contribution in [-0.4, -0.2) is 22.3 Å². The van der Waals surface area contributed by atoms with E-state index >= 15 is 0 Å². The molecule has 0 saturated carbocycles. The fourth-order valence-corrected chi connectivity index (χ4v) is 1.67. The molecule has 0 aliphatic heterocycles.